The van der Waals surface area contributed by atoms with Crippen molar-refractivity contribution in [3.8, 4) is 0 Å². The van der Waals surface area contributed by atoms with E-state index in [4.69, 9.17) is 4.42 Å². The number of anilines is 1. The van der Waals surface area contributed by atoms with Gasteiger partial charge in [0.25, 0.3) is 0 Å². The number of nitrogens with zero attached hydrogens (tertiary/aromatic N) is 8. The SMILES string of the molecule is Cc1nnc(C2CCCN(c3ncnc4c3nnn4C(C)C)C2)o1. The van der Waals surface area contributed by atoms with E-state index in [9.17, 15) is 0 Å². The van der Waals surface area contributed by atoms with Crippen LogP contribution in [-0.4, -0.2) is 48.2 Å². The summed E-state index contributed by atoms with van der Waals surface area (Å²) < 4.78 is 7.44. The monoisotopic (exact) mass is 328 g/mol. The second-order valence-corrected chi connectivity index (χ2v) is 6.44. The van der Waals surface area contributed by atoms with E-state index in [2.05, 4.69) is 49.2 Å². The smallest absolute Gasteiger partial charge is 0.221 e. The van der Waals surface area contributed by atoms with Crippen LogP contribution >= 0.6 is 0 Å². The van der Waals surface area contributed by atoms with Crippen LogP contribution in [0, 0.1) is 6.92 Å². The molecule has 9 nitrogen and oxygen atoms in total. The topological polar surface area (TPSA) is 98.6 Å². The first kappa shape index (κ1) is 15.0. The number of aromatic nitrogens is 7. The zero-order chi connectivity index (χ0) is 16.7. The van der Waals surface area contributed by atoms with Crippen molar-refractivity contribution in [1.29, 1.82) is 0 Å². The molecule has 0 spiro atoms. The number of hydrogen-bond acceptors (Lipinski definition) is 8. The zero-order valence-electron chi connectivity index (χ0n) is 14.0. The van der Waals surface area contributed by atoms with Gasteiger partial charge >= 0.3 is 0 Å². The lowest BCUT2D eigenvalue weighted by atomic mass is 9.98. The maximum absolute atomic E-state index is 5.62. The predicted octanol–water partition coefficient (Wildman–Crippen LogP) is 1.88. The summed E-state index contributed by atoms with van der Waals surface area (Å²) in [7, 11) is 0. The molecule has 0 bridgehead atoms. The second-order valence-electron chi connectivity index (χ2n) is 6.44. The van der Waals surface area contributed by atoms with Crippen molar-refractivity contribution in [1.82, 2.24) is 35.2 Å². The first-order valence-corrected chi connectivity index (χ1v) is 8.24. The average Bonchev–Trinajstić information content (AvgIpc) is 3.21. The van der Waals surface area contributed by atoms with Crippen LogP contribution in [0.4, 0.5) is 5.82 Å². The van der Waals surface area contributed by atoms with Crippen molar-refractivity contribution in [3.05, 3.63) is 18.1 Å². The average molecular weight is 328 g/mol. The van der Waals surface area contributed by atoms with E-state index in [0.717, 1.165) is 42.9 Å². The highest BCUT2D eigenvalue weighted by atomic mass is 16.4. The van der Waals surface area contributed by atoms with E-state index in [-0.39, 0.29) is 12.0 Å². The van der Waals surface area contributed by atoms with Crippen molar-refractivity contribution in [3.63, 3.8) is 0 Å². The van der Waals surface area contributed by atoms with Gasteiger partial charge in [0.05, 0.1) is 12.0 Å². The fourth-order valence-corrected chi connectivity index (χ4v) is 3.18. The summed E-state index contributed by atoms with van der Waals surface area (Å²) in [5.74, 6) is 2.35. The molecule has 1 aliphatic rings. The summed E-state index contributed by atoms with van der Waals surface area (Å²) in [6.07, 6.45) is 3.65. The number of fused-ring (bicyclic) bond motifs is 1. The quantitative estimate of drug-likeness (QED) is 0.718. The van der Waals surface area contributed by atoms with Gasteiger partial charge in [-0.1, -0.05) is 5.21 Å². The van der Waals surface area contributed by atoms with Crippen LogP contribution in [0.25, 0.3) is 11.2 Å². The summed E-state index contributed by atoms with van der Waals surface area (Å²) in [4.78, 5) is 11.0. The van der Waals surface area contributed by atoms with Gasteiger partial charge in [-0.25, -0.2) is 14.6 Å². The number of hydrogen-bond donors (Lipinski definition) is 0. The highest BCUT2D eigenvalue weighted by molar-refractivity contribution is 5.82. The van der Waals surface area contributed by atoms with Crippen molar-refractivity contribution < 1.29 is 4.42 Å². The maximum Gasteiger partial charge on any atom is 0.221 e. The molecule has 0 aromatic carbocycles. The molecule has 1 fully saturated rings. The summed E-state index contributed by atoms with van der Waals surface area (Å²) in [5.41, 5.74) is 1.51. The molecular formula is C15H20N8O. The van der Waals surface area contributed by atoms with Gasteiger partial charge in [-0.05, 0) is 26.7 Å². The summed E-state index contributed by atoms with van der Waals surface area (Å²) in [6.45, 7) is 7.64. The Hall–Kier alpha value is -2.58. The summed E-state index contributed by atoms with van der Waals surface area (Å²) in [6, 6.07) is 0.202. The first-order valence-electron chi connectivity index (χ1n) is 8.24. The predicted molar refractivity (Wildman–Crippen MR) is 86.7 cm³/mol. The lowest BCUT2D eigenvalue weighted by molar-refractivity contribution is 0.387. The molecule has 0 radical (unpaired) electrons. The number of piperidine rings is 1. The highest BCUT2D eigenvalue weighted by Crippen LogP contribution is 2.31. The Balaban J connectivity index is 1.67. The molecule has 0 saturated carbocycles. The van der Waals surface area contributed by atoms with Crippen molar-refractivity contribution in [2.24, 2.45) is 0 Å². The van der Waals surface area contributed by atoms with E-state index in [1.807, 2.05) is 11.6 Å². The van der Waals surface area contributed by atoms with Gasteiger partial charge in [-0.2, -0.15) is 0 Å². The highest BCUT2D eigenvalue weighted by Gasteiger charge is 2.28. The minimum atomic E-state index is 0.202. The molecule has 24 heavy (non-hydrogen) atoms. The third-order valence-electron chi connectivity index (χ3n) is 4.34. The molecule has 0 aliphatic carbocycles. The number of aryl methyl sites for hydroxylation is 1. The van der Waals surface area contributed by atoms with Gasteiger partial charge in [0.2, 0.25) is 11.8 Å². The van der Waals surface area contributed by atoms with Gasteiger partial charge in [-0.15, -0.1) is 15.3 Å². The van der Waals surface area contributed by atoms with E-state index >= 15 is 0 Å². The van der Waals surface area contributed by atoms with Gasteiger partial charge < -0.3 is 9.32 Å². The Labute approximate surface area is 139 Å². The fourth-order valence-electron chi connectivity index (χ4n) is 3.18. The third kappa shape index (κ3) is 2.49. The van der Waals surface area contributed by atoms with E-state index in [0.29, 0.717) is 11.8 Å². The van der Waals surface area contributed by atoms with Crippen LogP contribution in [0.1, 0.15) is 50.4 Å². The molecule has 9 heteroatoms. The summed E-state index contributed by atoms with van der Waals surface area (Å²) in [5, 5.41) is 16.7. The Kier molecular flexibility index (Phi) is 3.62. The van der Waals surface area contributed by atoms with Gasteiger partial charge in [-0.3, -0.25) is 0 Å². The fraction of sp³-hybridized carbons (Fsp3) is 0.600. The Morgan fingerprint density at radius 3 is 2.83 bits per heavy atom. The van der Waals surface area contributed by atoms with Gasteiger partial charge in [0.1, 0.15) is 6.33 Å². The molecule has 0 N–H and O–H groups in total. The molecule has 3 aromatic heterocycles. The van der Waals surface area contributed by atoms with Crippen LogP contribution in [0.3, 0.4) is 0 Å². The molecule has 3 aromatic rings. The second kappa shape index (κ2) is 5.81. The standard InChI is InChI=1S/C15H20N8O/c1-9(2)23-14-12(19-21-23)13(16-8-17-14)22-6-4-5-11(7-22)15-20-18-10(3)24-15/h8-9,11H,4-7H2,1-3H3. The molecule has 1 aliphatic heterocycles. The van der Waals surface area contributed by atoms with Crippen molar-refractivity contribution >= 4 is 17.0 Å². The number of rotatable bonds is 3. The van der Waals surface area contributed by atoms with Gasteiger partial charge in [0.15, 0.2) is 17.0 Å². The Morgan fingerprint density at radius 2 is 2.08 bits per heavy atom. The minimum absolute atomic E-state index is 0.202. The lowest BCUT2D eigenvalue weighted by Crippen LogP contribution is -2.35. The molecule has 126 valence electrons. The molecule has 0 amide bonds. The van der Waals surface area contributed by atoms with Crippen LogP contribution in [-0.2, 0) is 0 Å². The zero-order valence-corrected chi connectivity index (χ0v) is 14.0. The molecule has 4 rings (SSSR count). The van der Waals surface area contributed by atoms with Crippen LogP contribution < -0.4 is 4.90 Å². The van der Waals surface area contributed by atoms with E-state index in [1.165, 1.54) is 0 Å². The van der Waals surface area contributed by atoms with Crippen molar-refractivity contribution in [2.75, 3.05) is 18.0 Å². The Morgan fingerprint density at radius 1 is 1.21 bits per heavy atom. The van der Waals surface area contributed by atoms with Gasteiger partial charge in [0, 0.05) is 20.0 Å². The van der Waals surface area contributed by atoms with Crippen LogP contribution in [0.2, 0.25) is 0 Å². The third-order valence-corrected chi connectivity index (χ3v) is 4.34. The van der Waals surface area contributed by atoms with Crippen molar-refractivity contribution in [2.45, 2.75) is 45.6 Å². The molecule has 1 atom stereocenters. The molecule has 4 heterocycles. The largest absolute Gasteiger partial charge is 0.425 e. The Bertz CT molecular complexity index is 854. The van der Waals surface area contributed by atoms with E-state index in [1.54, 1.807) is 6.33 Å². The molecular weight excluding hydrogens is 308 g/mol. The molecule has 1 unspecified atom stereocenters. The lowest BCUT2D eigenvalue weighted by Gasteiger charge is -2.31. The maximum atomic E-state index is 5.62. The van der Waals surface area contributed by atoms with Crippen LogP contribution in [0.5, 0.6) is 0 Å². The first-order chi connectivity index (χ1) is 11.6. The van der Waals surface area contributed by atoms with E-state index < -0.39 is 0 Å². The summed E-state index contributed by atoms with van der Waals surface area (Å²) >= 11 is 0. The minimum Gasteiger partial charge on any atom is -0.425 e. The normalized spacial score (nSPS) is 18.7. The molecule has 1 saturated heterocycles. The van der Waals surface area contributed by atoms with Crippen LogP contribution in [0.15, 0.2) is 10.7 Å².